The second kappa shape index (κ2) is 11.5. The molecule has 0 radical (unpaired) electrons. The number of hydrogen-bond donors (Lipinski definition) is 3. The van der Waals surface area contributed by atoms with Gasteiger partial charge in [0.15, 0.2) is 0 Å². The zero-order valence-electron chi connectivity index (χ0n) is 19.0. The van der Waals surface area contributed by atoms with Crippen molar-refractivity contribution in [3.63, 3.8) is 0 Å². The number of rotatable bonds is 11. The van der Waals surface area contributed by atoms with Crippen molar-refractivity contribution >= 4 is 22.8 Å². The summed E-state index contributed by atoms with van der Waals surface area (Å²) in [5.74, 6) is -0.963. The van der Waals surface area contributed by atoms with Crippen LogP contribution in [0.2, 0.25) is 0 Å². The van der Waals surface area contributed by atoms with E-state index in [9.17, 15) is 14.7 Å². The lowest BCUT2D eigenvalue weighted by Crippen LogP contribution is -2.46. The molecule has 0 saturated heterocycles. The van der Waals surface area contributed by atoms with Crippen LogP contribution in [-0.2, 0) is 11.2 Å². The fourth-order valence-corrected chi connectivity index (χ4v) is 3.70. The van der Waals surface area contributed by atoms with Crippen LogP contribution in [0.4, 0.5) is 0 Å². The van der Waals surface area contributed by atoms with Gasteiger partial charge in [-0.3, -0.25) is 19.6 Å². The van der Waals surface area contributed by atoms with E-state index in [2.05, 4.69) is 34.1 Å². The molecule has 3 aromatic rings. The third-order valence-electron chi connectivity index (χ3n) is 5.64. The van der Waals surface area contributed by atoms with Crippen LogP contribution in [0.3, 0.4) is 0 Å². The number of aliphatic hydroxyl groups is 1. The maximum atomic E-state index is 13.0. The molecule has 2 amide bonds. The van der Waals surface area contributed by atoms with Crippen LogP contribution in [0.15, 0.2) is 54.9 Å². The molecule has 0 spiro atoms. The standard InChI is InChI=1S/C25H31N5O3/c1-16(2)10-11-17(24(26)32)13-23(31)21(14-18-7-5-6-12-27-18)30-25(33)22-15-28-19-8-3-4-9-20(19)29-22/h3-9,12,15-17,21,23,31H,10-11,13-14H2,1-2H3,(H2,26,32)(H,30,33). The van der Waals surface area contributed by atoms with Gasteiger partial charge in [0.25, 0.3) is 5.91 Å². The summed E-state index contributed by atoms with van der Waals surface area (Å²) in [4.78, 5) is 38.0. The lowest BCUT2D eigenvalue weighted by atomic mass is 9.89. The highest BCUT2D eigenvalue weighted by molar-refractivity contribution is 5.94. The van der Waals surface area contributed by atoms with Crippen molar-refractivity contribution in [2.45, 2.75) is 51.7 Å². The number of carbonyl (C=O) groups excluding carboxylic acids is 2. The predicted octanol–water partition coefficient (Wildman–Crippen LogP) is 2.65. The Labute approximate surface area is 193 Å². The van der Waals surface area contributed by atoms with Gasteiger partial charge in [0.1, 0.15) is 5.69 Å². The minimum absolute atomic E-state index is 0.151. The molecule has 3 unspecified atom stereocenters. The van der Waals surface area contributed by atoms with Crippen molar-refractivity contribution < 1.29 is 14.7 Å². The van der Waals surface area contributed by atoms with Crippen LogP contribution in [0.1, 0.15) is 49.3 Å². The Morgan fingerprint density at radius 3 is 2.42 bits per heavy atom. The van der Waals surface area contributed by atoms with Crippen LogP contribution in [0, 0.1) is 11.8 Å². The van der Waals surface area contributed by atoms with E-state index in [1.807, 2.05) is 30.3 Å². The van der Waals surface area contributed by atoms with Gasteiger partial charge in [-0.05, 0) is 43.0 Å². The number of hydrogen-bond acceptors (Lipinski definition) is 6. The van der Waals surface area contributed by atoms with E-state index in [1.54, 1.807) is 18.3 Å². The first-order chi connectivity index (χ1) is 15.8. The van der Waals surface area contributed by atoms with Crippen molar-refractivity contribution in [3.05, 3.63) is 66.2 Å². The van der Waals surface area contributed by atoms with Crippen molar-refractivity contribution in [2.75, 3.05) is 0 Å². The average molecular weight is 450 g/mol. The van der Waals surface area contributed by atoms with E-state index >= 15 is 0 Å². The summed E-state index contributed by atoms with van der Waals surface area (Å²) in [6.45, 7) is 4.15. The Morgan fingerprint density at radius 1 is 1.03 bits per heavy atom. The number of primary amides is 1. The normalized spacial score (nSPS) is 14.1. The van der Waals surface area contributed by atoms with Gasteiger partial charge in [-0.25, -0.2) is 4.98 Å². The van der Waals surface area contributed by atoms with Gasteiger partial charge in [0.05, 0.1) is 29.4 Å². The Hall–Kier alpha value is -3.39. The molecule has 0 aliphatic carbocycles. The molecule has 0 bridgehead atoms. The summed E-state index contributed by atoms with van der Waals surface area (Å²) in [7, 11) is 0. The Bertz CT molecular complexity index is 1070. The number of aromatic nitrogens is 3. The van der Waals surface area contributed by atoms with Gasteiger partial charge in [0.2, 0.25) is 5.91 Å². The second-order valence-electron chi connectivity index (χ2n) is 8.72. The summed E-state index contributed by atoms with van der Waals surface area (Å²) in [6, 6.07) is 12.1. The Balaban J connectivity index is 1.78. The number of fused-ring (bicyclic) bond motifs is 1. The van der Waals surface area contributed by atoms with Gasteiger partial charge in [-0.2, -0.15) is 0 Å². The molecule has 0 aliphatic heterocycles. The Kier molecular flexibility index (Phi) is 8.43. The highest BCUT2D eigenvalue weighted by Gasteiger charge is 2.28. The van der Waals surface area contributed by atoms with E-state index in [0.717, 1.165) is 6.42 Å². The van der Waals surface area contributed by atoms with E-state index in [4.69, 9.17) is 5.73 Å². The lowest BCUT2D eigenvalue weighted by Gasteiger charge is -2.26. The average Bonchev–Trinajstić information content (AvgIpc) is 2.81. The van der Waals surface area contributed by atoms with Crippen LogP contribution in [0.25, 0.3) is 11.0 Å². The number of nitrogens with zero attached hydrogens (tertiary/aromatic N) is 3. The van der Waals surface area contributed by atoms with Crippen LogP contribution < -0.4 is 11.1 Å². The largest absolute Gasteiger partial charge is 0.391 e. The van der Waals surface area contributed by atoms with E-state index in [0.29, 0.717) is 35.5 Å². The van der Waals surface area contributed by atoms with Gasteiger partial charge in [-0.1, -0.05) is 38.5 Å². The second-order valence-corrected chi connectivity index (χ2v) is 8.72. The third kappa shape index (κ3) is 7.05. The molecular weight excluding hydrogens is 418 g/mol. The summed E-state index contributed by atoms with van der Waals surface area (Å²) in [6.07, 6.45) is 3.94. The van der Waals surface area contributed by atoms with Gasteiger partial charge in [0, 0.05) is 24.2 Å². The summed E-state index contributed by atoms with van der Waals surface area (Å²) in [5.41, 5.74) is 7.76. The number of amides is 2. The number of aliphatic hydroxyl groups excluding tert-OH is 1. The number of nitrogens with one attached hydrogen (secondary N) is 1. The number of pyridine rings is 1. The Morgan fingerprint density at radius 2 is 1.76 bits per heavy atom. The molecule has 4 N–H and O–H groups in total. The molecule has 1 aromatic carbocycles. The monoisotopic (exact) mass is 449 g/mol. The highest BCUT2D eigenvalue weighted by atomic mass is 16.3. The highest BCUT2D eigenvalue weighted by Crippen LogP contribution is 2.20. The van der Waals surface area contributed by atoms with Crippen molar-refractivity contribution in [2.24, 2.45) is 17.6 Å². The van der Waals surface area contributed by atoms with Crippen LogP contribution in [0.5, 0.6) is 0 Å². The fraction of sp³-hybridized carbons (Fsp3) is 0.400. The van der Waals surface area contributed by atoms with Gasteiger partial charge < -0.3 is 16.2 Å². The van der Waals surface area contributed by atoms with E-state index in [-0.39, 0.29) is 12.1 Å². The first-order valence-electron chi connectivity index (χ1n) is 11.2. The van der Waals surface area contributed by atoms with E-state index in [1.165, 1.54) is 6.20 Å². The zero-order chi connectivity index (χ0) is 23.8. The molecule has 3 rings (SSSR count). The van der Waals surface area contributed by atoms with Crippen molar-refractivity contribution in [1.29, 1.82) is 0 Å². The van der Waals surface area contributed by atoms with Gasteiger partial charge >= 0.3 is 0 Å². The SMILES string of the molecule is CC(C)CCC(CC(O)C(Cc1ccccn1)NC(=O)c1cnc2ccccc2n1)C(N)=O. The first-order valence-corrected chi connectivity index (χ1v) is 11.2. The molecule has 0 aliphatic rings. The minimum atomic E-state index is -0.992. The quantitative estimate of drug-likeness (QED) is 0.412. The molecule has 174 valence electrons. The van der Waals surface area contributed by atoms with Crippen molar-refractivity contribution in [3.8, 4) is 0 Å². The molecule has 0 fully saturated rings. The molecule has 8 nitrogen and oxygen atoms in total. The number of benzene rings is 1. The molecule has 3 atom stereocenters. The van der Waals surface area contributed by atoms with Gasteiger partial charge in [-0.15, -0.1) is 0 Å². The summed E-state index contributed by atoms with van der Waals surface area (Å²) < 4.78 is 0. The molecule has 2 aromatic heterocycles. The molecule has 33 heavy (non-hydrogen) atoms. The molecule has 8 heteroatoms. The van der Waals surface area contributed by atoms with Crippen LogP contribution >= 0.6 is 0 Å². The molecular formula is C25H31N5O3. The number of carbonyl (C=O) groups is 2. The number of para-hydroxylation sites is 2. The minimum Gasteiger partial charge on any atom is -0.391 e. The maximum Gasteiger partial charge on any atom is 0.271 e. The van der Waals surface area contributed by atoms with Crippen LogP contribution in [-0.4, -0.2) is 44.0 Å². The molecule has 0 saturated carbocycles. The smallest absolute Gasteiger partial charge is 0.271 e. The zero-order valence-corrected chi connectivity index (χ0v) is 19.0. The first kappa shape index (κ1) is 24.3. The van der Waals surface area contributed by atoms with Crippen molar-refractivity contribution in [1.82, 2.24) is 20.3 Å². The predicted molar refractivity (Wildman–Crippen MR) is 126 cm³/mol. The maximum absolute atomic E-state index is 13.0. The van der Waals surface area contributed by atoms with E-state index < -0.39 is 29.9 Å². The summed E-state index contributed by atoms with van der Waals surface area (Å²) >= 11 is 0. The fourth-order valence-electron chi connectivity index (χ4n) is 3.70. The topological polar surface area (TPSA) is 131 Å². The number of nitrogens with two attached hydrogens (primary N) is 1. The third-order valence-corrected chi connectivity index (χ3v) is 5.64. The summed E-state index contributed by atoms with van der Waals surface area (Å²) in [5, 5.41) is 13.9. The lowest BCUT2D eigenvalue weighted by molar-refractivity contribution is -0.123. The molecule has 2 heterocycles.